The standard InChI is InChI=1S/C11H11BrF2O2/c12-7-4-8(13)10(9(14)5-7)16-6-11(15)2-1-3-11/h4-5,15H,1-3,6H2. The molecule has 16 heavy (non-hydrogen) atoms. The van der Waals surface area contributed by atoms with Gasteiger partial charge in [0.1, 0.15) is 6.61 Å². The van der Waals surface area contributed by atoms with E-state index < -0.39 is 23.0 Å². The van der Waals surface area contributed by atoms with Crippen LogP contribution in [0.4, 0.5) is 8.78 Å². The van der Waals surface area contributed by atoms with Crippen molar-refractivity contribution in [3.63, 3.8) is 0 Å². The van der Waals surface area contributed by atoms with Gasteiger partial charge in [-0.05, 0) is 31.4 Å². The van der Waals surface area contributed by atoms with E-state index in [1.54, 1.807) is 0 Å². The Morgan fingerprint density at radius 2 is 1.88 bits per heavy atom. The van der Waals surface area contributed by atoms with Crippen molar-refractivity contribution in [2.45, 2.75) is 24.9 Å². The highest BCUT2D eigenvalue weighted by atomic mass is 79.9. The number of ether oxygens (including phenoxy) is 1. The van der Waals surface area contributed by atoms with Crippen LogP contribution in [0.15, 0.2) is 16.6 Å². The molecule has 88 valence electrons. The lowest BCUT2D eigenvalue weighted by atomic mass is 9.81. The van der Waals surface area contributed by atoms with Crippen LogP contribution in [-0.2, 0) is 0 Å². The van der Waals surface area contributed by atoms with Crippen molar-refractivity contribution in [1.82, 2.24) is 0 Å². The van der Waals surface area contributed by atoms with Crippen molar-refractivity contribution >= 4 is 15.9 Å². The molecule has 1 N–H and O–H groups in total. The molecule has 0 saturated heterocycles. The summed E-state index contributed by atoms with van der Waals surface area (Å²) in [5, 5.41) is 9.73. The number of aliphatic hydroxyl groups is 1. The number of benzene rings is 1. The summed E-state index contributed by atoms with van der Waals surface area (Å²) in [4.78, 5) is 0. The minimum Gasteiger partial charge on any atom is -0.485 e. The molecule has 0 unspecified atom stereocenters. The number of hydrogen-bond donors (Lipinski definition) is 1. The van der Waals surface area contributed by atoms with Gasteiger partial charge < -0.3 is 9.84 Å². The predicted molar refractivity (Wildman–Crippen MR) is 58.4 cm³/mol. The highest BCUT2D eigenvalue weighted by Gasteiger charge is 2.35. The molecule has 0 amide bonds. The zero-order valence-electron chi connectivity index (χ0n) is 8.47. The Morgan fingerprint density at radius 1 is 1.31 bits per heavy atom. The van der Waals surface area contributed by atoms with Crippen LogP contribution in [0.25, 0.3) is 0 Å². The molecule has 0 aliphatic heterocycles. The quantitative estimate of drug-likeness (QED) is 0.928. The molecule has 1 aromatic rings. The van der Waals surface area contributed by atoms with Gasteiger partial charge in [-0.15, -0.1) is 0 Å². The fourth-order valence-corrected chi connectivity index (χ4v) is 2.00. The molecular formula is C11H11BrF2O2. The summed E-state index contributed by atoms with van der Waals surface area (Å²) in [7, 11) is 0. The topological polar surface area (TPSA) is 29.5 Å². The first-order valence-electron chi connectivity index (χ1n) is 5.00. The first kappa shape index (κ1) is 11.8. The molecule has 1 aliphatic carbocycles. The van der Waals surface area contributed by atoms with E-state index in [-0.39, 0.29) is 6.61 Å². The highest BCUT2D eigenvalue weighted by Crippen LogP contribution is 2.33. The summed E-state index contributed by atoms with van der Waals surface area (Å²) in [6.45, 7) is -0.0670. The second kappa shape index (κ2) is 4.30. The molecule has 0 heterocycles. The van der Waals surface area contributed by atoms with E-state index in [1.165, 1.54) is 0 Å². The molecule has 0 spiro atoms. The van der Waals surface area contributed by atoms with E-state index in [0.29, 0.717) is 17.3 Å². The third-order valence-electron chi connectivity index (χ3n) is 2.73. The Kier molecular flexibility index (Phi) is 3.17. The van der Waals surface area contributed by atoms with Crippen LogP contribution in [-0.4, -0.2) is 17.3 Å². The lowest BCUT2D eigenvalue weighted by Crippen LogP contribution is -2.42. The zero-order valence-corrected chi connectivity index (χ0v) is 10.1. The summed E-state index contributed by atoms with van der Waals surface area (Å²) in [5.74, 6) is -1.96. The van der Waals surface area contributed by atoms with Crippen molar-refractivity contribution in [3.8, 4) is 5.75 Å². The van der Waals surface area contributed by atoms with E-state index >= 15 is 0 Å². The summed E-state index contributed by atoms with van der Waals surface area (Å²) in [6, 6.07) is 2.26. The van der Waals surface area contributed by atoms with Crippen molar-refractivity contribution in [3.05, 3.63) is 28.2 Å². The smallest absolute Gasteiger partial charge is 0.190 e. The zero-order chi connectivity index (χ0) is 11.8. The Hall–Kier alpha value is -0.680. The van der Waals surface area contributed by atoms with Crippen molar-refractivity contribution in [1.29, 1.82) is 0 Å². The van der Waals surface area contributed by atoms with Crippen molar-refractivity contribution in [2.24, 2.45) is 0 Å². The number of hydrogen-bond acceptors (Lipinski definition) is 2. The lowest BCUT2D eigenvalue weighted by molar-refractivity contribution is -0.0677. The van der Waals surface area contributed by atoms with Gasteiger partial charge in [-0.3, -0.25) is 0 Å². The molecule has 2 rings (SSSR count). The van der Waals surface area contributed by atoms with Gasteiger partial charge in [0.15, 0.2) is 17.4 Å². The molecule has 2 nitrogen and oxygen atoms in total. The van der Waals surface area contributed by atoms with E-state index in [9.17, 15) is 13.9 Å². The van der Waals surface area contributed by atoms with E-state index in [2.05, 4.69) is 15.9 Å². The van der Waals surface area contributed by atoms with Crippen LogP contribution >= 0.6 is 15.9 Å². The molecule has 0 radical (unpaired) electrons. The fraction of sp³-hybridized carbons (Fsp3) is 0.455. The highest BCUT2D eigenvalue weighted by molar-refractivity contribution is 9.10. The minimum absolute atomic E-state index is 0.0670. The predicted octanol–water partition coefficient (Wildman–Crippen LogP) is 3.02. The van der Waals surface area contributed by atoms with Crippen LogP contribution in [0.1, 0.15) is 19.3 Å². The first-order chi connectivity index (χ1) is 7.50. The third kappa shape index (κ3) is 2.35. The Labute approximate surface area is 100 Å². The van der Waals surface area contributed by atoms with E-state index in [0.717, 1.165) is 18.6 Å². The van der Waals surface area contributed by atoms with Gasteiger partial charge in [-0.2, -0.15) is 0 Å². The van der Waals surface area contributed by atoms with Crippen LogP contribution in [0.2, 0.25) is 0 Å². The fourth-order valence-electron chi connectivity index (χ4n) is 1.60. The first-order valence-corrected chi connectivity index (χ1v) is 5.79. The van der Waals surface area contributed by atoms with Crippen LogP contribution < -0.4 is 4.74 Å². The van der Waals surface area contributed by atoms with Gasteiger partial charge in [0.05, 0.1) is 5.60 Å². The normalized spacial score (nSPS) is 18.0. The van der Waals surface area contributed by atoms with E-state index in [4.69, 9.17) is 4.74 Å². The van der Waals surface area contributed by atoms with Gasteiger partial charge in [-0.1, -0.05) is 15.9 Å². The third-order valence-corrected chi connectivity index (χ3v) is 3.19. The molecular weight excluding hydrogens is 282 g/mol. The maximum Gasteiger partial charge on any atom is 0.190 e. The molecule has 5 heteroatoms. The second-order valence-corrected chi connectivity index (χ2v) is 4.98. The van der Waals surface area contributed by atoms with Gasteiger partial charge >= 0.3 is 0 Å². The lowest BCUT2D eigenvalue weighted by Gasteiger charge is -2.36. The van der Waals surface area contributed by atoms with Crippen LogP contribution in [0, 0.1) is 11.6 Å². The van der Waals surface area contributed by atoms with Crippen LogP contribution in [0.5, 0.6) is 5.75 Å². The summed E-state index contributed by atoms with van der Waals surface area (Å²) >= 11 is 2.98. The molecule has 1 aliphatic rings. The SMILES string of the molecule is OC1(COc2c(F)cc(Br)cc2F)CCC1. The molecule has 1 aromatic carbocycles. The average molecular weight is 293 g/mol. The molecule has 1 saturated carbocycles. The molecule has 1 fully saturated rings. The maximum atomic E-state index is 13.3. The summed E-state index contributed by atoms with van der Waals surface area (Å²) in [5.41, 5.74) is -0.911. The Morgan fingerprint density at radius 3 is 2.31 bits per heavy atom. The Bertz CT molecular complexity index is 382. The second-order valence-electron chi connectivity index (χ2n) is 4.07. The van der Waals surface area contributed by atoms with Gasteiger partial charge in [0.25, 0.3) is 0 Å². The minimum atomic E-state index is -0.911. The number of rotatable bonds is 3. The number of halogens is 3. The average Bonchev–Trinajstić information content (AvgIpc) is 2.13. The Balaban J connectivity index is 2.09. The van der Waals surface area contributed by atoms with Crippen molar-refractivity contribution < 1.29 is 18.6 Å². The van der Waals surface area contributed by atoms with Crippen molar-refractivity contribution in [2.75, 3.05) is 6.61 Å². The monoisotopic (exact) mass is 292 g/mol. The summed E-state index contributed by atoms with van der Waals surface area (Å²) < 4.78 is 32.0. The molecule has 0 atom stereocenters. The molecule has 0 bridgehead atoms. The van der Waals surface area contributed by atoms with E-state index in [1.807, 2.05) is 0 Å². The van der Waals surface area contributed by atoms with Gasteiger partial charge in [-0.25, -0.2) is 8.78 Å². The van der Waals surface area contributed by atoms with Crippen LogP contribution in [0.3, 0.4) is 0 Å². The van der Waals surface area contributed by atoms with Gasteiger partial charge in [0, 0.05) is 4.47 Å². The maximum absolute atomic E-state index is 13.3. The summed E-state index contributed by atoms with van der Waals surface area (Å²) in [6.07, 6.45) is 2.16. The largest absolute Gasteiger partial charge is 0.485 e. The van der Waals surface area contributed by atoms with Gasteiger partial charge in [0.2, 0.25) is 0 Å². The molecule has 0 aromatic heterocycles.